The van der Waals surface area contributed by atoms with E-state index in [2.05, 4.69) is 76.2 Å². The number of benzene rings is 2. The van der Waals surface area contributed by atoms with Gasteiger partial charge in [0.2, 0.25) is 0 Å². The van der Waals surface area contributed by atoms with Crippen molar-refractivity contribution in [2.24, 2.45) is 17.3 Å². The minimum Gasteiger partial charge on any atom is -0.427 e. The van der Waals surface area contributed by atoms with Crippen LogP contribution in [-0.2, 0) is 18.1 Å². The van der Waals surface area contributed by atoms with E-state index >= 15 is 0 Å². The summed E-state index contributed by atoms with van der Waals surface area (Å²) >= 11 is 0. The van der Waals surface area contributed by atoms with Crippen LogP contribution in [0.2, 0.25) is 0 Å². The van der Waals surface area contributed by atoms with Gasteiger partial charge in [-0.15, -0.1) is 0 Å². The molecule has 0 aliphatic heterocycles. The van der Waals surface area contributed by atoms with Gasteiger partial charge in [-0.05, 0) is 154 Å². The molecule has 440 valence electrons. The highest BCUT2D eigenvalue weighted by Crippen LogP contribution is 2.53. The highest BCUT2D eigenvalue weighted by Gasteiger charge is 2.42. The fraction of sp³-hybridized carbons (Fsp3) is 0.826. The molecule has 4 aliphatic carbocycles. The van der Waals surface area contributed by atoms with Gasteiger partial charge in [-0.2, -0.15) is 0 Å². The Morgan fingerprint density at radius 1 is 0.351 bits per heavy atom. The summed E-state index contributed by atoms with van der Waals surface area (Å²) in [5, 5.41) is 0. The second-order valence-electron chi connectivity index (χ2n) is 25.6. The molecule has 4 saturated carbocycles. The first-order valence-electron chi connectivity index (χ1n) is 33.7. The SMILES string of the molecule is CCCCCCCCCCCCCCCOP(Oc1ccc(C2CCCCC2)cc1)OC1CCC(C(C)(C)C2CCC(OP(OCCCCCCCCCCCCCCC)Oc3ccc(C4CCCCC4)cc3)CC2)CC1. The maximum absolute atomic E-state index is 6.85. The first kappa shape index (κ1) is 64.9. The van der Waals surface area contributed by atoms with E-state index in [1.165, 1.54) is 255 Å². The lowest BCUT2D eigenvalue weighted by atomic mass is 9.60. The highest BCUT2D eigenvalue weighted by atomic mass is 31.2. The standard InChI is InChI=1S/C69H118O6P2/c1-5-7-9-11-13-15-17-19-21-23-25-27-35-57-70-76(72-65-49-41-61(42-50-65)59-37-31-29-32-38-59)74-67-53-45-63(46-54-67)69(3,4)64-47-55-68(56-48-64)75-77(73-66-51-43-62(44-52-66)60-39-33-30-34-40-60)71-58-36-28-26-24-22-20-18-16-14-12-10-8-6-2/h41-44,49-52,59-60,63-64,67-68H,5-40,45-48,53-58H2,1-4H3. The van der Waals surface area contributed by atoms with E-state index in [0.717, 1.165) is 50.0 Å². The first-order chi connectivity index (χ1) is 37.9. The van der Waals surface area contributed by atoms with Crippen LogP contribution in [0.25, 0.3) is 0 Å². The number of unbranched alkanes of at least 4 members (excludes halogenated alkanes) is 24. The molecule has 0 saturated heterocycles. The van der Waals surface area contributed by atoms with Gasteiger partial charge in [-0.3, -0.25) is 9.05 Å². The third-order valence-corrected chi connectivity index (χ3v) is 21.5. The summed E-state index contributed by atoms with van der Waals surface area (Å²) in [7, 11) is -2.92. The number of rotatable bonds is 42. The molecule has 0 amide bonds. The van der Waals surface area contributed by atoms with Crippen molar-refractivity contribution in [1.82, 2.24) is 0 Å². The number of hydrogen-bond acceptors (Lipinski definition) is 6. The van der Waals surface area contributed by atoms with Crippen molar-refractivity contribution in [3.63, 3.8) is 0 Å². The Bertz CT molecular complexity index is 1570. The Morgan fingerprint density at radius 2 is 0.636 bits per heavy atom. The predicted molar refractivity (Wildman–Crippen MR) is 330 cm³/mol. The lowest BCUT2D eigenvalue weighted by molar-refractivity contribution is 0.00601. The van der Waals surface area contributed by atoms with Gasteiger partial charge < -0.3 is 18.1 Å². The van der Waals surface area contributed by atoms with E-state index in [9.17, 15) is 0 Å². The van der Waals surface area contributed by atoms with Crippen molar-refractivity contribution in [1.29, 1.82) is 0 Å². The smallest absolute Gasteiger partial charge is 0.397 e. The van der Waals surface area contributed by atoms with Crippen LogP contribution < -0.4 is 9.05 Å². The summed E-state index contributed by atoms with van der Waals surface area (Å²) in [6.07, 6.45) is 58.1. The van der Waals surface area contributed by atoms with Crippen LogP contribution in [0, 0.1) is 17.3 Å². The lowest BCUT2D eigenvalue weighted by Gasteiger charge is -2.46. The summed E-state index contributed by atoms with van der Waals surface area (Å²) in [5.41, 5.74) is 3.20. The largest absolute Gasteiger partial charge is 0.427 e. The Hall–Kier alpha value is -1.26. The summed E-state index contributed by atoms with van der Waals surface area (Å²) in [4.78, 5) is 0. The van der Waals surface area contributed by atoms with E-state index in [1.807, 2.05) is 0 Å². The maximum atomic E-state index is 6.85. The van der Waals surface area contributed by atoms with E-state index in [0.29, 0.717) is 36.9 Å². The Kier molecular flexibility index (Phi) is 33.8. The molecule has 4 fully saturated rings. The Morgan fingerprint density at radius 3 is 0.935 bits per heavy atom. The fourth-order valence-corrected chi connectivity index (χ4v) is 16.1. The van der Waals surface area contributed by atoms with Crippen molar-refractivity contribution in [3.05, 3.63) is 59.7 Å². The second-order valence-corrected chi connectivity index (χ2v) is 27.8. The molecule has 0 radical (unpaired) electrons. The molecule has 2 aromatic rings. The Balaban J connectivity index is 0.918. The molecule has 6 nitrogen and oxygen atoms in total. The second kappa shape index (κ2) is 40.0. The molecular formula is C69H118O6P2. The van der Waals surface area contributed by atoms with Crippen LogP contribution in [0.15, 0.2) is 48.5 Å². The minimum atomic E-state index is -1.46. The normalized spacial score (nSPS) is 21.8. The van der Waals surface area contributed by atoms with Crippen LogP contribution in [0.1, 0.15) is 333 Å². The van der Waals surface area contributed by atoms with Crippen LogP contribution in [0.5, 0.6) is 11.5 Å². The first-order valence-corrected chi connectivity index (χ1v) is 35.9. The van der Waals surface area contributed by atoms with Crippen molar-refractivity contribution in [2.75, 3.05) is 13.2 Å². The highest BCUT2D eigenvalue weighted by molar-refractivity contribution is 7.42. The molecule has 0 spiro atoms. The van der Waals surface area contributed by atoms with Crippen LogP contribution in [-0.4, -0.2) is 25.4 Å². The lowest BCUT2D eigenvalue weighted by Crippen LogP contribution is -2.38. The summed E-state index contributed by atoms with van der Waals surface area (Å²) < 4.78 is 40.0. The van der Waals surface area contributed by atoms with E-state index in [4.69, 9.17) is 27.1 Å². The third-order valence-electron chi connectivity index (χ3n) is 19.1. The number of hydrogen-bond donors (Lipinski definition) is 0. The van der Waals surface area contributed by atoms with Crippen LogP contribution >= 0.6 is 17.2 Å². The van der Waals surface area contributed by atoms with Crippen molar-refractivity contribution >= 4 is 17.2 Å². The van der Waals surface area contributed by atoms with Crippen LogP contribution in [0.4, 0.5) is 0 Å². The predicted octanol–water partition coefficient (Wildman–Crippen LogP) is 24.1. The molecule has 0 bridgehead atoms. The molecule has 77 heavy (non-hydrogen) atoms. The third kappa shape index (κ3) is 26.2. The molecule has 2 aromatic carbocycles. The van der Waals surface area contributed by atoms with Gasteiger partial charge in [0.15, 0.2) is 0 Å². The molecule has 0 N–H and O–H groups in total. The molecular weight excluding hydrogens is 987 g/mol. The average molecular weight is 1110 g/mol. The summed E-state index contributed by atoms with van der Waals surface area (Å²) in [5.74, 6) is 4.55. The quantitative estimate of drug-likeness (QED) is 0.0488. The van der Waals surface area contributed by atoms with Gasteiger partial charge in [0.05, 0.1) is 25.4 Å². The van der Waals surface area contributed by atoms with Crippen molar-refractivity contribution in [3.8, 4) is 11.5 Å². The zero-order chi connectivity index (χ0) is 53.9. The summed E-state index contributed by atoms with van der Waals surface area (Å²) in [6, 6.07) is 17.9. The van der Waals surface area contributed by atoms with E-state index in [-0.39, 0.29) is 17.6 Å². The molecule has 0 heterocycles. The van der Waals surface area contributed by atoms with E-state index in [1.54, 1.807) is 0 Å². The minimum absolute atomic E-state index is 0.188. The zero-order valence-corrected chi connectivity index (χ0v) is 52.2. The van der Waals surface area contributed by atoms with Gasteiger partial charge in [-0.1, -0.05) is 245 Å². The topological polar surface area (TPSA) is 55.4 Å². The summed E-state index contributed by atoms with van der Waals surface area (Å²) in [6.45, 7) is 11.2. The van der Waals surface area contributed by atoms with Gasteiger partial charge in [0, 0.05) is 0 Å². The molecule has 6 rings (SSSR count). The van der Waals surface area contributed by atoms with E-state index < -0.39 is 17.2 Å². The molecule has 2 unspecified atom stereocenters. The molecule has 8 heteroatoms. The average Bonchev–Trinajstić information content (AvgIpc) is 3.46. The van der Waals surface area contributed by atoms with Crippen molar-refractivity contribution < 1.29 is 27.1 Å². The Labute approximate surface area is 477 Å². The van der Waals surface area contributed by atoms with Gasteiger partial charge in [0.1, 0.15) is 11.5 Å². The van der Waals surface area contributed by atoms with Gasteiger partial charge in [-0.25, -0.2) is 0 Å². The molecule has 4 aliphatic rings. The van der Waals surface area contributed by atoms with Crippen LogP contribution in [0.3, 0.4) is 0 Å². The fourth-order valence-electron chi connectivity index (χ4n) is 13.7. The molecule has 0 aromatic heterocycles. The van der Waals surface area contributed by atoms with Gasteiger partial charge in [0.25, 0.3) is 0 Å². The van der Waals surface area contributed by atoms with Crippen molar-refractivity contribution in [2.45, 2.75) is 334 Å². The molecule has 2 atom stereocenters. The van der Waals surface area contributed by atoms with Gasteiger partial charge >= 0.3 is 17.2 Å². The monoisotopic (exact) mass is 1100 g/mol. The maximum Gasteiger partial charge on any atom is 0.397 e. The zero-order valence-electron chi connectivity index (χ0n) is 50.5.